The molecule has 3 heteroatoms. The van der Waals surface area contributed by atoms with Gasteiger partial charge in [-0.15, -0.1) is 0 Å². The third-order valence-electron chi connectivity index (χ3n) is 2.75. The lowest BCUT2D eigenvalue weighted by atomic mass is 9.87. The number of halogens is 1. The van der Waals surface area contributed by atoms with Crippen molar-refractivity contribution in [3.63, 3.8) is 0 Å². The molecule has 2 nitrogen and oxygen atoms in total. The second kappa shape index (κ2) is 3.30. The van der Waals surface area contributed by atoms with Crippen LogP contribution in [0.2, 0.25) is 0 Å². The molecule has 0 amide bonds. The summed E-state index contributed by atoms with van der Waals surface area (Å²) in [6.07, 6.45) is 1.86. The van der Waals surface area contributed by atoms with Crippen LogP contribution in [-0.2, 0) is 0 Å². The molecule has 0 aromatic rings. The van der Waals surface area contributed by atoms with Crippen molar-refractivity contribution in [2.75, 3.05) is 0 Å². The first kappa shape index (κ1) is 9.93. The zero-order valence-electron chi connectivity index (χ0n) is 8.10. The predicted molar refractivity (Wildman–Crippen MR) is 48.5 cm³/mol. The van der Waals surface area contributed by atoms with E-state index in [-0.39, 0.29) is 12.2 Å². The van der Waals surface area contributed by atoms with E-state index < -0.39 is 5.67 Å². The van der Waals surface area contributed by atoms with Gasteiger partial charge in [0.2, 0.25) is 0 Å². The summed E-state index contributed by atoms with van der Waals surface area (Å²) in [6, 6.07) is -0.0799. The van der Waals surface area contributed by atoms with Crippen molar-refractivity contribution < 1.29 is 4.39 Å². The molecule has 0 aliphatic carbocycles. The number of nitrogens with one attached hydrogen (secondary N) is 1. The van der Waals surface area contributed by atoms with Crippen LogP contribution in [0.1, 0.15) is 33.6 Å². The summed E-state index contributed by atoms with van der Waals surface area (Å²) in [7, 11) is 0. The molecular formula is C9H19FN2. The summed E-state index contributed by atoms with van der Waals surface area (Å²) in [5.41, 5.74) is 4.63. The molecule has 0 spiro atoms. The molecule has 1 aliphatic rings. The molecule has 1 rings (SSSR count). The molecule has 0 saturated carbocycles. The first-order valence-electron chi connectivity index (χ1n) is 4.62. The van der Waals surface area contributed by atoms with Gasteiger partial charge in [0, 0.05) is 6.04 Å². The first-order valence-corrected chi connectivity index (χ1v) is 4.62. The van der Waals surface area contributed by atoms with E-state index in [1.54, 1.807) is 13.8 Å². The summed E-state index contributed by atoms with van der Waals surface area (Å²) < 4.78 is 13.5. The van der Waals surface area contributed by atoms with E-state index >= 15 is 0 Å². The number of nitrogens with two attached hydrogens (primary N) is 1. The van der Waals surface area contributed by atoms with E-state index in [0.29, 0.717) is 5.92 Å². The molecule has 12 heavy (non-hydrogen) atoms. The third-order valence-corrected chi connectivity index (χ3v) is 2.75. The molecule has 3 N–H and O–H groups in total. The molecule has 1 fully saturated rings. The zero-order chi connectivity index (χ0) is 9.35. The molecule has 3 unspecified atom stereocenters. The van der Waals surface area contributed by atoms with Crippen LogP contribution in [0.5, 0.6) is 0 Å². The maximum atomic E-state index is 13.5. The van der Waals surface area contributed by atoms with Crippen LogP contribution in [0.15, 0.2) is 0 Å². The Bertz CT molecular complexity index is 153. The average Bonchev–Trinajstić information content (AvgIpc) is 1.92. The number of piperidine rings is 1. The number of rotatable bonds is 1. The van der Waals surface area contributed by atoms with E-state index in [1.807, 2.05) is 0 Å². The Kier molecular flexibility index (Phi) is 2.74. The molecule has 72 valence electrons. The van der Waals surface area contributed by atoms with Gasteiger partial charge in [-0.1, -0.05) is 6.92 Å². The second-order valence-electron chi connectivity index (χ2n) is 4.36. The lowest BCUT2D eigenvalue weighted by Gasteiger charge is -2.38. The molecule has 0 bridgehead atoms. The summed E-state index contributed by atoms with van der Waals surface area (Å²) in [5.74, 6) is 0.462. The van der Waals surface area contributed by atoms with E-state index in [0.717, 1.165) is 12.8 Å². The minimum atomic E-state index is -1.15. The van der Waals surface area contributed by atoms with Crippen molar-refractivity contribution in [3.8, 4) is 0 Å². The first-order chi connectivity index (χ1) is 5.41. The molecular weight excluding hydrogens is 155 g/mol. The number of hydrogen-bond donors (Lipinski definition) is 2. The summed E-state index contributed by atoms with van der Waals surface area (Å²) in [6.45, 7) is 5.31. The molecule has 1 heterocycles. The van der Waals surface area contributed by atoms with Crippen LogP contribution in [0, 0.1) is 5.92 Å². The molecule has 3 atom stereocenters. The molecule has 0 aromatic heterocycles. The highest BCUT2D eigenvalue weighted by molar-refractivity contribution is 4.90. The van der Waals surface area contributed by atoms with Gasteiger partial charge in [0.05, 0.1) is 6.17 Å². The smallest absolute Gasteiger partial charge is 0.120 e. The highest BCUT2D eigenvalue weighted by Crippen LogP contribution is 2.25. The average molecular weight is 174 g/mol. The van der Waals surface area contributed by atoms with E-state index in [1.165, 1.54) is 0 Å². The topological polar surface area (TPSA) is 38.0 Å². The molecule has 0 aromatic carbocycles. The van der Waals surface area contributed by atoms with Crippen LogP contribution in [0.3, 0.4) is 0 Å². The van der Waals surface area contributed by atoms with Gasteiger partial charge < -0.3 is 5.73 Å². The normalized spacial score (nSPS) is 38.2. The van der Waals surface area contributed by atoms with Gasteiger partial charge in [0.15, 0.2) is 0 Å². The summed E-state index contributed by atoms with van der Waals surface area (Å²) >= 11 is 0. The predicted octanol–water partition coefficient (Wildman–Crippen LogP) is 1.41. The largest absolute Gasteiger partial charge is 0.316 e. The molecule has 1 aliphatic heterocycles. The van der Waals surface area contributed by atoms with Crippen LogP contribution in [0.4, 0.5) is 4.39 Å². The van der Waals surface area contributed by atoms with E-state index in [4.69, 9.17) is 5.73 Å². The van der Waals surface area contributed by atoms with Gasteiger partial charge >= 0.3 is 0 Å². The van der Waals surface area contributed by atoms with Gasteiger partial charge in [-0.2, -0.15) is 0 Å². The Morgan fingerprint density at radius 2 is 2.00 bits per heavy atom. The maximum absolute atomic E-state index is 13.5. The van der Waals surface area contributed by atoms with Gasteiger partial charge in [-0.05, 0) is 32.6 Å². The van der Waals surface area contributed by atoms with Crippen molar-refractivity contribution in [1.29, 1.82) is 0 Å². The van der Waals surface area contributed by atoms with Gasteiger partial charge in [0.1, 0.15) is 5.67 Å². The monoisotopic (exact) mass is 174 g/mol. The standard InChI is InChI=1S/C9H19FN2/c1-6-4-5-7(9(2,3)10)12-8(6)11/h6-8,12H,4-5,11H2,1-3H3. The van der Waals surface area contributed by atoms with Crippen molar-refractivity contribution >= 4 is 0 Å². The third kappa shape index (κ3) is 2.17. The van der Waals surface area contributed by atoms with Crippen molar-refractivity contribution in [1.82, 2.24) is 5.32 Å². The Morgan fingerprint density at radius 3 is 2.42 bits per heavy atom. The second-order valence-corrected chi connectivity index (χ2v) is 4.36. The molecule has 1 saturated heterocycles. The highest BCUT2D eigenvalue weighted by atomic mass is 19.1. The molecule has 0 radical (unpaired) electrons. The van der Waals surface area contributed by atoms with Gasteiger partial charge in [-0.25, -0.2) is 4.39 Å². The highest BCUT2D eigenvalue weighted by Gasteiger charge is 2.34. The van der Waals surface area contributed by atoms with Gasteiger partial charge in [-0.3, -0.25) is 5.32 Å². The number of hydrogen-bond acceptors (Lipinski definition) is 2. The zero-order valence-corrected chi connectivity index (χ0v) is 8.10. The van der Waals surface area contributed by atoms with E-state index in [2.05, 4.69) is 12.2 Å². The maximum Gasteiger partial charge on any atom is 0.120 e. The van der Waals surface area contributed by atoms with Crippen molar-refractivity contribution in [2.45, 2.75) is 51.5 Å². The minimum Gasteiger partial charge on any atom is -0.316 e. The van der Waals surface area contributed by atoms with Crippen molar-refractivity contribution in [3.05, 3.63) is 0 Å². The Labute approximate surface area is 73.7 Å². The van der Waals surface area contributed by atoms with Crippen LogP contribution in [0.25, 0.3) is 0 Å². The lowest BCUT2D eigenvalue weighted by molar-refractivity contribution is 0.0966. The van der Waals surface area contributed by atoms with Crippen LogP contribution >= 0.6 is 0 Å². The SMILES string of the molecule is CC1CCC(C(C)(C)F)NC1N. The lowest BCUT2D eigenvalue weighted by Crippen LogP contribution is -2.57. The Balaban J connectivity index is 2.51. The number of alkyl halides is 1. The quantitative estimate of drug-likeness (QED) is 0.630. The summed E-state index contributed by atoms with van der Waals surface area (Å²) in [5, 5.41) is 3.11. The fourth-order valence-corrected chi connectivity index (χ4v) is 1.63. The van der Waals surface area contributed by atoms with E-state index in [9.17, 15) is 4.39 Å². The van der Waals surface area contributed by atoms with Crippen LogP contribution < -0.4 is 11.1 Å². The van der Waals surface area contributed by atoms with Crippen molar-refractivity contribution in [2.24, 2.45) is 11.7 Å². The Morgan fingerprint density at radius 1 is 1.42 bits per heavy atom. The summed E-state index contributed by atoms with van der Waals surface area (Å²) in [4.78, 5) is 0. The Hall–Kier alpha value is -0.150. The van der Waals surface area contributed by atoms with Gasteiger partial charge in [0.25, 0.3) is 0 Å². The fourth-order valence-electron chi connectivity index (χ4n) is 1.63. The fraction of sp³-hybridized carbons (Fsp3) is 1.00. The van der Waals surface area contributed by atoms with Crippen LogP contribution in [-0.4, -0.2) is 17.9 Å². The minimum absolute atomic E-state index is 0.0428.